The van der Waals surface area contributed by atoms with Crippen LogP contribution in [0.15, 0.2) is 16.1 Å². The number of nitrogens with two attached hydrogens (primary N) is 2. The summed E-state index contributed by atoms with van der Waals surface area (Å²) in [6.07, 6.45) is 3.96. The predicted molar refractivity (Wildman–Crippen MR) is 82.3 cm³/mol. The summed E-state index contributed by atoms with van der Waals surface area (Å²) in [7, 11) is 0. The Labute approximate surface area is 122 Å². The number of allylic oxidation sites excluding steroid dienone is 2. The molecule has 1 atom stereocenters. The molecule has 0 fully saturated rings. The van der Waals surface area contributed by atoms with Gasteiger partial charge in [0.2, 0.25) is 11.9 Å². The fraction of sp³-hybridized carbons (Fsp3) is 0.429. The van der Waals surface area contributed by atoms with E-state index in [2.05, 4.69) is 34.1 Å². The van der Waals surface area contributed by atoms with Gasteiger partial charge in [0.05, 0.1) is 5.41 Å². The lowest BCUT2D eigenvalue weighted by Crippen LogP contribution is -2.39. The number of fused-ring (bicyclic) bond motifs is 1. The van der Waals surface area contributed by atoms with Crippen molar-refractivity contribution in [2.45, 2.75) is 33.1 Å². The van der Waals surface area contributed by atoms with Gasteiger partial charge in [0.15, 0.2) is 11.6 Å². The van der Waals surface area contributed by atoms with Crippen molar-refractivity contribution in [3.63, 3.8) is 0 Å². The highest BCUT2D eigenvalue weighted by molar-refractivity contribution is 6.10. The van der Waals surface area contributed by atoms with Gasteiger partial charge in [0, 0.05) is 6.21 Å². The zero-order chi connectivity index (χ0) is 15.2. The van der Waals surface area contributed by atoms with Gasteiger partial charge in [-0.15, -0.1) is 0 Å². The van der Waals surface area contributed by atoms with E-state index in [1.54, 1.807) is 6.21 Å². The van der Waals surface area contributed by atoms with Gasteiger partial charge in [-0.2, -0.15) is 9.97 Å². The summed E-state index contributed by atoms with van der Waals surface area (Å²) < 4.78 is 0. The van der Waals surface area contributed by atoms with Crippen LogP contribution >= 0.6 is 0 Å². The Bertz CT molecular complexity index is 693. The van der Waals surface area contributed by atoms with Gasteiger partial charge in [-0.25, -0.2) is 0 Å². The predicted octanol–water partition coefficient (Wildman–Crippen LogP) is 1.80. The molecular formula is C14H18N6O. The molecule has 0 saturated carbocycles. The summed E-state index contributed by atoms with van der Waals surface area (Å²) >= 11 is 0. The number of nitrogens with one attached hydrogen (secondary N) is 1. The highest BCUT2D eigenvalue weighted by Gasteiger charge is 2.41. The van der Waals surface area contributed by atoms with E-state index in [-0.39, 0.29) is 23.5 Å². The van der Waals surface area contributed by atoms with E-state index < -0.39 is 5.41 Å². The monoisotopic (exact) mass is 286 g/mol. The van der Waals surface area contributed by atoms with Crippen LogP contribution in [-0.2, 0) is 4.79 Å². The molecule has 1 spiro atoms. The molecular weight excluding hydrogens is 268 g/mol. The van der Waals surface area contributed by atoms with Gasteiger partial charge in [0.1, 0.15) is 5.69 Å². The molecule has 1 amide bonds. The van der Waals surface area contributed by atoms with Crippen molar-refractivity contribution in [2.75, 3.05) is 16.8 Å². The summed E-state index contributed by atoms with van der Waals surface area (Å²) in [5.41, 5.74) is 13.7. The molecule has 1 aliphatic carbocycles. The molecule has 21 heavy (non-hydrogen) atoms. The summed E-state index contributed by atoms with van der Waals surface area (Å²) in [5.74, 6) is 0.357. The Balaban J connectivity index is 2.06. The van der Waals surface area contributed by atoms with Crippen LogP contribution in [0, 0.1) is 5.41 Å². The van der Waals surface area contributed by atoms with Crippen molar-refractivity contribution in [1.82, 2.24) is 9.97 Å². The maximum atomic E-state index is 12.7. The number of nitrogen functional groups attached to an aromatic ring is 2. The normalized spacial score (nSPS) is 24.8. The zero-order valence-corrected chi connectivity index (χ0v) is 12.1. The number of hydrogen-bond acceptors (Lipinski definition) is 6. The molecule has 2 heterocycles. The van der Waals surface area contributed by atoms with Gasteiger partial charge in [-0.1, -0.05) is 11.1 Å². The Morgan fingerprint density at radius 2 is 2.00 bits per heavy atom. The summed E-state index contributed by atoms with van der Waals surface area (Å²) in [6, 6.07) is 0. The van der Waals surface area contributed by atoms with Crippen LogP contribution in [0.1, 0.15) is 33.1 Å². The molecule has 0 saturated heterocycles. The topological polar surface area (TPSA) is 119 Å². The first kappa shape index (κ1) is 13.5. The van der Waals surface area contributed by atoms with Crippen LogP contribution in [-0.4, -0.2) is 22.1 Å². The summed E-state index contributed by atoms with van der Waals surface area (Å²) in [6.45, 7) is 4.16. The molecule has 0 radical (unpaired) electrons. The number of nitrogens with zero attached hydrogens (tertiary/aromatic N) is 3. The average molecular weight is 286 g/mol. The second-order valence-electron chi connectivity index (χ2n) is 5.77. The van der Waals surface area contributed by atoms with E-state index in [1.807, 2.05) is 0 Å². The van der Waals surface area contributed by atoms with Gasteiger partial charge in [-0.05, 0) is 33.1 Å². The van der Waals surface area contributed by atoms with Crippen molar-refractivity contribution in [1.29, 1.82) is 0 Å². The lowest BCUT2D eigenvalue weighted by molar-refractivity contribution is -0.122. The SMILES string of the molecule is CC1=C(C)CC2(C=Nc3c(N)nc(N)nc3NC2=O)CC1. The van der Waals surface area contributed by atoms with E-state index in [9.17, 15) is 4.79 Å². The third kappa shape index (κ3) is 2.14. The number of aromatic nitrogens is 2. The number of rotatable bonds is 0. The number of aliphatic imine (C=N–C) groups is 1. The minimum absolute atomic E-state index is 0.0215. The van der Waals surface area contributed by atoms with Crippen LogP contribution < -0.4 is 16.8 Å². The van der Waals surface area contributed by atoms with Crippen molar-refractivity contribution in [3.8, 4) is 0 Å². The third-order valence-electron chi connectivity index (χ3n) is 4.31. The Kier molecular flexibility index (Phi) is 2.93. The maximum Gasteiger partial charge on any atom is 0.237 e. The molecule has 7 nitrogen and oxygen atoms in total. The molecule has 110 valence electrons. The van der Waals surface area contributed by atoms with Gasteiger partial charge in [0.25, 0.3) is 0 Å². The fourth-order valence-corrected chi connectivity index (χ4v) is 2.82. The molecule has 5 N–H and O–H groups in total. The Morgan fingerprint density at radius 3 is 2.71 bits per heavy atom. The molecule has 1 unspecified atom stereocenters. The molecule has 1 aromatic rings. The smallest absolute Gasteiger partial charge is 0.237 e. The lowest BCUT2D eigenvalue weighted by atomic mass is 9.72. The van der Waals surface area contributed by atoms with E-state index in [0.29, 0.717) is 12.1 Å². The van der Waals surface area contributed by atoms with Crippen LogP contribution in [0.5, 0.6) is 0 Å². The van der Waals surface area contributed by atoms with Crippen molar-refractivity contribution < 1.29 is 4.79 Å². The van der Waals surface area contributed by atoms with Gasteiger partial charge in [-0.3, -0.25) is 9.79 Å². The first-order valence-electron chi connectivity index (χ1n) is 6.86. The molecule has 0 bridgehead atoms. The number of hydrogen-bond donors (Lipinski definition) is 3. The van der Waals surface area contributed by atoms with Gasteiger partial charge >= 0.3 is 0 Å². The molecule has 1 aliphatic heterocycles. The van der Waals surface area contributed by atoms with Crippen molar-refractivity contribution >= 4 is 35.4 Å². The highest BCUT2D eigenvalue weighted by atomic mass is 16.2. The largest absolute Gasteiger partial charge is 0.382 e. The summed E-state index contributed by atoms with van der Waals surface area (Å²) in [5, 5.41) is 2.80. The van der Waals surface area contributed by atoms with Crippen LogP contribution in [0.25, 0.3) is 0 Å². The summed E-state index contributed by atoms with van der Waals surface area (Å²) in [4.78, 5) is 24.9. The van der Waals surface area contributed by atoms with Crippen LogP contribution in [0.2, 0.25) is 0 Å². The number of carbonyl (C=O) groups is 1. The molecule has 1 aromatic heterocycles. The average Bonchev–Trinajstić information content (AvgIpc) is 2.53. The fourth-order valence-electron chi connectivity index (χ4n) is 2.82. The van der Waals surface area contributed by atoms with Crippen LogP contribution in [0.3, 0.4) is 0 Å². The first-order chi connectivity index (χ1) is 9.91. The van der Waals surface area contributed by atoms with E-state index >= 15 is 0 Å². The second-order valence-corrected chi connectivity index (χ2v) is 5.77. The maximum absolute atomic E-state index is 12.7. The third-order valence-corrected chi connectivity index (χ3v) is 4.31. The van der Waals surface area contributed by atoms with Crippen molar-refractivity contribution in [3.05, 3.63) is 11.1 Å². The highest BCUT2D eigenvalue weighted by Crippen LogP contribution is 2.42. The van der Waals surface area contributed by atoms with E-state index in [4.69, 9.17) is 11.5 Å². The van der Waals surface area contributed by atoms with Gasteiger partial charge < -0.3 is 16.8 Å². The Hall–Kier alpha value is -2.44. The standard InChI is InChI=1S/C14H18N6O/c1-7-3-4-14(5-8(7)2)6-17-9-10(15)18-13(16)20-11(9)19-12(14)21/h6H,3-5H2,1-2H3,(H5,15,16,18,19,20,21). The van der Waals surface area contributed by atoms with E-state index in [1.165, 1.54) is 11.1 Å². The minimum atomic E-state index is -0.647. The quantitative estimate of drug-likeness (QED) is 0.628. The Morgan fingerprint density at radius 1 is 1.24 bits per heavy atom. The molecule has 7 heteroatoms. The van der Waals surface area contributed by atoms with Crippen LogP contribution in [0.4, 0.5) is 23.3 Å². The molecule has 2 aliphatic rings. The second kappa shape index (κ2) is 4.54. The van der Waals surface area contributed by atoms with E-state index in [0.717, 1.165) is 12.8 Å². The van der Waals surface area contributed by atoms with Crippen molar-refractivity contribution in [2.24, 2.45) is 10.4 Å². The number of carbonyl (C=O) groups excluding carboxylic acids is 1. The number of anilines is 3. The zero-order valence-electron chi connectivity index (χ0n) is 12.1. The first-order valence-corrected chi connectivity index (χ1v) is 6.86. The lowest BCUT2D eigenvalue weighted by Gasteiger charge is -2.32. The number of amides is 1. The molecule has 3 rings (SSSR count). The minimum Gasteiger partial charge on any atom is -0.382 e. The molecule has 0 aromatic carbocycles.